The fourth-order valence-electron chi connectivity index (χ4n) is 2.60. The van der Waals surface area contributed by atoms with Gasteiger partial charge in [0.15, 0.2) is 0 Å². The van der Waals surface area contributed by atoms with E-state index < -0.39 is 0 Å². The number of carbonyl (C=O) groups excluding carboxylic acids is 2. The van der Waals surface area contributed by atoms with Gasteiger partial charge in [0, 0.05) is 11.5 Å². The Bertz CT molecular complexity index is 491. The van der Waals surface area contributed by atoms with Crippen molar-refractivity contribution in [2.24, 2.45) is 0 Å². The van der Waals surface area contributed by atoms with Crippen LogP contribution in [0.2, 0.25) is 0 Å². The van der Waals surface area contributed by atoms with E-state index in [9.17, 15) is 9.59 Å². The Hall–Kier alpha value is -0.940. The fraction of sp³-hybridized carbons (Fsp3) is 0.429. The van der Waals surface area contributed by atoms with E-state index in [2.05, 4.69) is 0 Å². The number of benzene rings is 1. The Morgan fingerprint density at radius 3 is 2.16 bits per heavy atom. The van der Waals surface area contributed by atoms with Crippen molar-refractivity contribution >= 4 is 35.3 Å². The zero-order chi connectivity index (χ0) is 13.4. The lowest BCUT2D eigenvalue weighted by atomic mass is 10.1. The quantitative estimate of drug-likeness (QED) is 0.803. The van der Waals surface area contributed by atoms with Crippen LogP contribution in [0.15, 0.2) is 24.3 Å². The molecule has 0 aromatic heterocycles. The Labute approximate surface area is 121 Å². The van der Waals surface area contributed by atoms with E-state index in [1.54, 1.807) is 12.1 Å². The van der Waals surface area contributed by atoms with E-state index >= 15 is 0 Å². The Morgan fingerprint density at radius 1 is 1.16 bits per heavy atom. The first-order valence-electron chi connectivity index (χ1n) is 6.44. The highest BCUT2D eigenvalue weighted by Gasteiger charge is 2.42. The van der Waals surface area contributed by atoms with Crippen molar-refractivity contribution in [3.63, 3.8) is 0 Å². The smallest absolute Gasteiger partial charge is 0.261 e. The van der Waals surface area contributed by atoms with Gasteiger partial charge in [-0.3, -0.25) is 14.5 Å². The van der Waals surface area contributed by atoms with Gasteiger partial charge in [0.05, 0.1) is 21.8 Å². The lowest BCUT2D eigenvalue weighted by Gasteiger charge is -2.29. The average molecular weight is 293 g/mol. The van der Waals surface area contributed by atoms with Crippen molar-refractivity contribution in [3.05, 3.63) is 35.4 Å². The minimum absolute atomic E-state index is 0.00454. The molecule has 2 heterocycles. The van der Waals surface area contributed by atoms with Crippen molar-refractivity contribution < 1.29 is 9.59 Å². The Kier molecular flexibility index (Phi) is 3.58. The highest BCUT2D eigenvalue weighted by molar-refractivity contribution is 8.20. The van der Waals surface area contributed by atoms with Crippen LogP contribution in [0, 0.1) is 0 Å². The molecule has 0 radical (unpaired) electrons. The molecule has 2 amide bonds. The first-order valence-corrected chi connectivity index (χ1v) is 8.54. The van der Waals surface area contributed by atoms with E-state index in [-0.39, 0.29) is 17.9 Å². The highest BCUT2D eigenvalue weighted by Crippen LogP contribution is 2.39. The standard InChI is InChI=1S/C14H15NO2S2/c1-2-11(14-18-7-8-19-14)15-12(16)9-5-3-4-6-10(9)13(15)17/h3-6,11,14H,2,7-8H2,1H3/t11-/m0/s1. The van der Waals surface area contributed by atoms with Crippen LogP contribution < -0.4 is 0 Å². The van der Waals surface area contributed by atoms with Gasteiger partial charge >= 0.3 is 0 Å². The number of carbonyl (C=O) groups is 2. The number of thioether (sulfide) groups is 2. The number of hydrogen-bond donors (Lipinski definition) is 0. The van der Waals surface area contributed by atoms with Crippen LogP contribution in [0.5, 0.6) is 0 Å². The number of nitrogens with zero attached hydrogens (tertiary/aromatic N) is 1. The van der Waals surface area contributed by atoms with Gasteiger partial charge in [-0.05, 0) is 18.6 Å². The first kappa shape index (κ1) is 13.1. The van der Waals surface area contributed by atoms with Gasteiger partial charge in [0.25, 0.3) is 11.8 Å². The predicted molar refractivity (Wildman–Crippen MR) is 79.7 cm³/mol. The monoisotopic (exact) mass is 293 g/mol. The number of rotatable bonds is 3. The number of hydrogen-bond acceptors (Lipinski definition) is 4. The maximum atomic E-state index is 12.5. The summed E-state index contributed by atoms with van der Waals surface area (Å²) in [7, 11) is 0. The van der Waals surface area contributed by atoms with Gasteiger partial charge in [-0.15, -0.1) is 23.5 Å². The molecule has 0 aliphatic carbocycles. The van der Waals surface area contributed by atoms with Crippen molar-refractivity contribution in [3.8, 4) is 0 Å². The summed E-state index contributed by atoms with van der Waals surface area (Å²) in [6, 6.07) is 7.13. The van der Waals surface area contributed by atoms with Crippen LogP contribution in [0.4, 0.5) is 0 Å². The second-order valence-electron chi connectivity index (χ2n) is 4.61. The molecule has 1 atom stereocenters. The largest absolute Gasteiger partial charge is 0.269 e. The molecular formula is C14H15NO2S2. The van der Waals surface area contributed by atoms with Crippen molar-refractivity contribution in [2.75, 3.05) is 11.5 Å². The number of fused-ring (bicyclic) bond motifs is 1. The third-order valence-electron chi connectivity index (χ3n) is 3.54. The summed E-state index contributed by atoms with van der Waals surface area (Å²) in [6.07, 6.45) is 0.816. The number of imide groups is 1. The molecule has 0 unspecified atom stereocenters. The molecular weight excluding hydrogens is 278 g/mol. The minimum atomic E-state index is -0.124. The molecule has 100 valence electrons. The molecule has 2 aliphatic rings. The second kappa shape index (κ2) is 5.21. The van der Waals surface area contributed by atoms with E-state index in [0.29, 0.717) is 15.7 Å². The summed E-state index contributed by atoms with van der Waals surface area (Å²) in [4.78, 5) is 26.4. The Balaban J connectivity index is 1.93. The van der Waals surface area contributed by atoms with Gasteiger partial charge in [0.2, 0.25) is 0 Å². The maximum absolute atomic E-state index is 12.5. The Morgan fingerprint density at radius 2 is 1.68 bits per heavy atom. The zero-order valence-electron chi connectivity index (χ0n) is 10.7. The topological polar surface area (TPSA) is 37.4 Å². The zero-order valence-corrected chi connectivity index (χ0v) is 12.3. The second-order valence-corrected chi connectivity index (χ2v) is 7.41. The number of amides is 2. The predicted octanol–water partition coefficient (Wildman–Crippen LogP) is 2.87. The van der Waals surface area contributed by atoms with Crippen LogP contribution in [0.25, 0.3) is 0 Å². The van der Waals surface area contributed by atoms with Crippen LogP contribution in [0.3, 0.4) is 0 Å². The van der Waals surface area contributed by atoms with Crippen LogP contribution in [-0.2, 0) is 0 Å². The van der Waals surface area contributed by atoms with E-state index in [4.69, 9.17) is 0 Å². The average Bonchev–Trinajstić information content (AvgIpc) is 3.04. The summed E-state index contributed by atoms with van der Waals surface area (Å²) in [5.74, 6) is 1.96. The maximum Gasteiger partial charge on any atom is 0.261 e. The lowest BCUT2D eigenvalue weighted by Crippen LogP contribution is -2.44. The third-order valence-corrected chi connectivity index (χ3v) is 6.78. The van der Waals surface area contributed by atoms with Crippen molar-refractivity contribution in [1.29, 1.82) is 0 Å². The molecule has 1 aromatic carbocycles. The molecule has 0 spiro atoms. The molecule has 3 nitrogen and oxygen atoms in total. The molecule has 19 heavy (non-hydrogen) atoms. The van der Waals surface area contributed by atoms with Crippen molar-refractivity contribution in [2.45, 2.75) is 24.0 Å². The first-order chi connectivity index (χ1) is 9.24. The summed E-state index contributed by atoms with van der Waals surface area (Å²) in [6.45, 7) is 2.05. The molecule has 3 rings (SSSR count). The van der Waals surface area contributed by atoms with E-state index in [1.165, 1.54) is 4.90 Å². The summed E-state index contributed by atoms with van der Waals surface area (Å²) in [5.41, 5.74) is 1.11. The van der Waals surface area contributed by atoms with Crippen LogP contribution in [-0.4, -0.2) is 38.8 Å². The molecule has 2 aliphatic heterocycles. The lowest BCUT2D eigenvalue weighted by molar-refractivity contribution is 0.0591. The van der Waals surface area contributed by atoms with Gasteiger partial charge in [-0.25, -0.2) is 0 Å². The molecule has 1 saturated heterocycles. The third kappa shape index (κ3) is 2.09. The van der Waals surface area contributed by atoms with Crippen LogP contribution >= 0.6 is 23.5 Å². The summed E-state index contributed by atoms with van der Waals surface area (Å²) >= 11 is 3.72. The molecule has 0 N–H and O–H groups in total. The SMILES string of the molecule is CC[C@@H](C1SCCS1)N1C(=O)c2ccccc2C1=O. The molecule has 1 fully saturated rings. The van der Waals surface area contributed by atoms with Crippen molar-refractivity contribution in [1.82, 2.24) is 4.90 Å². The minimum Gasteiger partial charge on any atom is -0.269 e. The highest BCUT2D eigenvalue weighted by atomic mass is 32.2. The molecule has 5 heteroatoms. The van der Waals surface area contributed by atoms with Gasteiger partial charge in [-0.1, -0.05) is 19.1 Å². The van der Waals surface area contributed by atoms with Gasteiger partial charge < -0.3 is 0 Å². The van der Waals surface area contributed by atoms with Gasteiger partial charge in [-0.2, -0.15) is 0 Å². The summed E-state index contributed by atoms with van der Waals surface area (Å²) in [5, 5.41) is 0. The summed E-state index contributed by atoms with van der Waals surface area (Å²) < 4.78 is 0.326. The molecule has 0 saturated carbocycles. The molecule has 0 bridgehead atoms. The van der Waals surface area contributed by atoms with E-state index in [0.717, 1.165) is 17.9 Å². The molecule has 1 aromatic rings. The fourth-order valence-corrected chi connectivity index (χ4v) is 5.87. The van der Waals surface area contributed by atoms with E-state index in [1.807, 2.05) is 42.6 Å². The normalized spacial score (nSPS) is 21.0. The van der Waals surface area contributed by atoms with Crippen LogP contribution in [0.1, 0.15) is 34.1 Å². The van der Waals surface area contributed by atoms with Gasteiger partial charge in [0.1, 0.15) is 0 Å².